The minimum atomic E-state index is -0.772. The number of carboxylic acids is 1. The van der Waals surface area contributed by atoms with Crippen LogP contribution in [-0.4, -0.2) is 33.7 Å². The number of aromatic nitrogens is 2. The van der Waals surface area contributed by atoms with Crippen molar-refractivity contribution in [2.45, 2.75) is 45.6 Å². The van der Waals surface area contributed by atoms with Gasteiger partial charge in [0.2, 0.25) is 11.8 Å². The van der Waals surface area contributed by atoms with Gasteiger partial charge in [-0.05, 0) is 26.2 Å². The van der Waals surface area contributed by atoms with Crippen LogP contribution in [0.2, 0.25) is 0 Å². The Morgan fingerprint density at radius 2 is 2.45 bits per heavy atom. The van der Waals surface area contributed by atoms with Gasteiger partial charge in [0.15, 0.2) is 0 Å². The number of nitrogens with one attached hydrogen (secondary N) is 1. The van der Waals surface area contributed by atoms with Crippen LogP contribution < -0.4 is 10.1 Å². The van der Waals surface area contributed by atoms with Crippen LogP contribution in [0.25, 0.3) is 0 Å². The van der Waals surface area contributed by atoms with Crippen molar-refractivity contribution in [3.05, 3.63) is 12.3 Å². The van der Waals surface area contributed by atoms with Crippen molar-refractivity contribution in [2.75, 3.05) is 11.9 Å². The lowest BCUT2D eigenvalue weighted by Crippen LogP contribution is -2.40. The Morgan fingerprint density at radius 3 is 3.15 bits per heavy atom. The lowest BCUT2D eigenvalue weighted by Gasteiger charge is -2.27. The van der Waals surface area contributed by atoms with Crippen molar-refractivity contribution in [1.82, 2.24) is 9.97 Å². The van der Waals surface area contributed by atoms with Crippen molar-refractivity contribution in [1.29, 1.82) is 0 Å². The van der Waals surface area contributed by atoms with Crippen molar-refractivity contribution in [3.8, 4) is 5.88 Å². The summed E-state index contributed by atoms with van der Waals surface area (Å²) in [4.78, 5) is 19.8. The standard InChI is InChI=1S/C14H21N3O3/c1-3-9-20-11-6-8-15-13(17-11)16-10-5-4-7-14(10,2)12(18)19/h6,8,10H,3-5,7,9H2,1-2H3,(H,18,19)(H,15,16,17). The summed E-state index contributed by atoms with van der Waals surface area (Å²) in [6, 6.07) is 1.55. The molecule has 0 amide bonds. The fraction of sp³-hybridized carbons (Fsp3) is 0.643. The average Bonchev–Trinajstić information content (AvgIpc) is 2.80. The van der Waals surface area contributed by atoms with Crippen LogP contribution >= 0.6 is 0 Å². The molecule has 0 aromatic carbocycles. The Kier molecular flexibility index (Phi) is 4.42. The minimum Gasteiger partial charge on any atom is -0.481 e. The molecule has 2 rings (SSSR count). The molecule has 2 atom stereocenters. The normalized spacial score (nSPS) is 25.4. The van der Waals surface area contributed by atoms with Gasteiger partial charge < -0.3 is 15.2 Å². The summed E-state index contributed by atoms with van der Waals surface area (Å²) in [6.45, 7) is 4.40. The first-order valence-corrected chi connectivity index (χ1v) is 7.02. The van der Waals surface area contributed by atoms with Crippen LogP contribution in [0.3, 0.4) is 0 Å². The van der Waals surface area contributed by atoms with Crippen molar-refractivity contribution in [3.63, 3.8) is 0 Å². The molecule has 1 aliphatic rings. The molecule has 0 bridgehead atoms. The molecule has 2 N–H and O–H groups in total. The van der Waals surface area contributed by atoms with Crippen molar-refractivity contribution >= 4 is 11.9 Å². The monoisotopic (exact) mass is 279 g/mol. The van der Waals surface area contributed by atoms with Gasteiger partial charge in [-0.15, -0.1) is 0 Å². The highest BCUT2D eigenvalue weighted by molar-refractivity contribution is 5.76. The van der Waals surface area contributed by atoms with E-state index in [9.17, 15) is 9.90 Å². The third kappa shape index (κ3) is 3.00. The minimum absolute atomic E-state index is 0.151. The molecule has 6 heteroatoms. The van der Waals surface area contributed by atoms with E-state index in [1.165, 1.54) is 0 Å². The highest BCUT2D eigenvalue weighted by Gasteiger charge is 2.45. The van der Waals surface area contributed by atoms with Gasteiger partial charge in [-0.2, -0.15) is 4.98 Å². The molecule has 2 unspecified atom stereocenters. The predicted octanol–water partition coefficient (Wildman–Crippen LogP) is 2.32. The molecule has 0 saturated heterocycles. The number of carboxylic acid groups (broad SMARTS) is 1. The molecule has 6 nitrogen and oxygen atoms in total. The largest absolute Gasteiger partial charge is 0.481 e. The summed E-state index contributed by atoms with van der Waals surface area (Å²) in [5.74, 6) is 0.170. The molecular formula is C14H21N3O3. The van der Waals surface area contributed by atoms with E-state index in [1.54, 1.807) is 19.2 Å². The van der Waals surface area contributed by atoms with Gasteiger partial charge in [0, 0.05) is 18.3 Å². The summed E-state index contributed by atoms with van der Waals surface area (Å²) in [5, 5.41) is 12.5. The molecule has 20 heavy (non-hydrogen) atoms. The van der Waals surface area contributed by atoms with E-state index in [0.29, 0.717) is 24.9 Å². The maximum Gasteiger partial charge on any atom is 0.311 e. The molecule has 1 aromatic heterocycles. The predicted molar refractivity (Wildman–Crippen MR) is 74.8 cm³/mol. The number of rotatable bonds is 6. The van der Waals surface area contributed by atoms with Crippen molar-refractivity contribution in [2.24, 2.45) is 5.41 Å². The van der Waals surface area contributed by atoms with Gasteiger partial charge in [-0.25, -0.2) is 4.98 Å². The molecule has 0 aliphatic heterocycles. The third-order valence-electron chi connectivity index (χ3n) is 3.83. The van der Waals surface area contributed by atoms with E-state index in [4.69, 9.17) is 4.74 Å². The maximum absolute atomic E-state index is 11.4. The smallest absolute Gasteiger partial charge is 0.311 e. The summed E-state index contributed by atoms with van der Waals surface area (Å²) in [6.07, 6.45) is 4.91. The van der Waals surface area contributed by atoms with Crippen LogP contribution in [0.1, 0.15) is 39.5 Å². The van der Waals surface area contributed by atoms with E-state index in [2.05, 4.69) is 15.3 Å². The second-order valence-corrected chi connectivity index (χ2v) is 5.38. The molecule has 1 aromatic rings. The Balaban J connectivity index is 2.07. The number of nitrogens with zero attached hydrogens (tertiary/aromatic N) is 2. The Morgan fingerprint density at radius 1 is 1.65 bits per heavy atom. The molecular weight excluding hydrogens is 258 g/mol. The number of carbonyl (C=O) groups is 1. The summed E-state index contributed by atoms with van der Waals surface area (Å²) < 4.78 is 5.45. The zero-order chi connectivity index (χ0) is 14.6. The van der Waals surface area contributed by atoms with Crippen LogP contribution in [-0.2, 0) is 4.79 Å². The number of aliphatic carboxylic acids is 1. The summed E-state index contributed by atoms with van der Waals surface area (Å²) in [7, 11) is 0. The van der Waals surface area contributed by atoms with E-state index >= 15 is 0 Å². The van der Waals surface area contributed by atoms with E-state index in [1.807, 2.05) is 6.92 Å². The van der Waals surface area contributed by atoms with Gasteiger partial charge >= 0.3 is 5.97 Å². The Bertz CT molecular complexity index is 480. The number of ether oxygens (including phenoxy) is 1. The molecule has 110 valence electrons. The molecule has 1 aliphatic carbocycles. The van der Waals surface area contributed by atoms with Gasteiger partial charge in [0.05, 0.1) is 12.0 Å². The molecule has 0 spiro atoms. The topological polar surface area (TPSA) is 84.3 Å². The maximum atomic E-state index is 11.4. The van der Waals surface area contributed by atoms with Crippen LogP contribution in [0.15, 0.2) is 12.3 Å². The number of hydrogen-bond acceptors (Lipinski definition) is 5. The van der Waals surface area contributed by atoms with Crippen LogP contribution in [0.4, 0.5) is 5.95 Å². The lowest BCUT2D eigenvalue weighted by atomic mass is 9.85. The van der Waals surface area contributed by atoms with Gasteiger partial charge in [0.1, 0.15) is 0 Å². The quantitative estimate of drug-likeness (QED) is 0.831. The highest BCUT2D eigenvalue weighted by Crippen LogP contribution is 2.39. The van der Waals surface area contributed by atoms with Gasteiger partial charge in [-0.3, -0.25) is 4.79 Å². The summed E-state index contributed by atoms with van der Waals surface area (Å²) in [5.41, 5.74) is -0.760. The highest BCUT2D eigenvalue weighted by atomic mass is 16.5. The molecule has 0 radical (unpaired) electrons. The SMILES string of the molecule is CCCOc1ccnc(NC2CCCC2(C)C(=O)O)n1. The zero-order valence-corrected chi connectivity index (χ0v) is 11.9. The lowest BCUT2D eigenvalue weighted by molar-refractivity contribution is -0.147. The number of anilines is 1. The van der Waals surface area contributed by atoms with Crippen LogP contribution in [0, 0.1) is 5.41 Å². The summed E-state index contributed by atoms with van der Waals surface area (Å²) >= 11 is 0. The van der Waals surface area contributed by atoms with Gasteiger partial charge in [-0.1, -0.05) is 13.3 Å². The average molecular weight is 279 g/mol. The first kappa shape index (κ1) is 14.6. The second-order valence-electron chi connectivity index (χ2n) is 5.38. The van der Waals surface area contributed by atoms with E-state index < -0.39 is 11.4 Å². The molecule has 1 saturated carbocycles. The van der Waals surface area contributed by atoms with Crippen LogP contribution in [0.5, 0.6) is 5.88 Å². The van der Waals surface area contributed by atoms with E-state index in [-0.39, 0.29) is 6.04 Å². The third-order valence-corrected chi connectivity index (χ3v) is 3.83. The first-order valence-electron chi connectivity index (χ1n) is 7.02. The fourth-order valence-electron chi connectivity index (χ4n) is 2.51. The van der Waals surface area contributed by atoms with E-state index in [0.717, 1.165) is 19.3 Å². The second kappa shape index (κ2) is 6.07. The van der Waals surface area contributed by atoms with Crippen molar-refractivity contribution < 1.29 is 14.6 Å². The number of hydrogen-bond donors (Lipinski definition) is 2. The Hall–Kier alpha value is -1.85. The fourth-order valence-corrected chi connectivity index (χ4v) is 2.51. The zero-order valence-electron chi connectivity index (χ0n) is 11.9. The molecule has 1 heterocycles. The molecule has 1 fully saturated rings. The Labute approximate surface area is 118 Å². The van der Waals surface area contributed by atoms with Gasteiger partial charge in [0.25, 0.3) is 0 Å². The first-order chi connectivity index (χ1) is 9.56.